The van der Waals surface area contributed by atoms with Crippen LogP contribution in [0.1, 0.15) is 37.0 Å². The number of aryl methyl sites for hydroxylation is 1. The molecule has 27 heavy (non-hydrogen) atoms. The van der Waals surface area contributed by atoms with Crippen molar-refractivity contribution < 1.29 is 18.0 Å². The third kappa shape index (κ3) is 3.07. The number of hydrogen-bond donors (Lipinski definition) is 1. The molecule has 1 saturated heterocycles. The Morgan fingerprint density at radius 2 is 1.70 bits per heavy atom. The van der Waals surface area contributed by atoms with Gasteiger partial charge in [-0.2, -0.15) is 8.78 Å². The normalized spacial score (nSPS) is 21.9. The zero-order valence-electron chi connectivity index (χ0n) is 15.6. The van der Waals surface area contributed by atoms with E-state index in [2.05, 4.69) is 0 Å². The van der Waals surface area contributed by atoms with E-state index in [0.717, 1.165) is 5.56 Å². The fraction of sp³-hybridized carbons (Fsp3) is 0.381. The molecule has 2 atom stereocenters. The van der Waals surface area contributed by atoms with Gasteiger partial charge in [0.15, 0.2) is 0 Å². The summed E-state index contributed by atoms with van der Waals surface area (Å²) in [5.74, 6) is -3.77. The van der Waals surface area contributed by atoms with E-state index in [9.17, 15) is 18.0 Å². The highest BCUT2D eigenvalue weighted by atomic mass is 19.3. The van der Waals surface area contributed by atoms with Crippen molar-refractivity contribution in [3.05, 3.63) is 53.1 Å². The first kappa shape index (κ1) is 19.3. The summed E-state index contributed by atoms with van der Waals surface area (Å²) in [6.45, 7) is 5.75. The van der Waals surface area contributed by atoms with Crippen LogP contribution in [0.5, 0.6) is 0 Å². The second-order valence-electron chi connectivity index (χ2n) is 6.76. The highest BCUT2D eigenvalue weighted by Crippen LogP contribution is 2.52. The number of benzene rings is 2. The maximum atomic E-state index is 14.9. The number of rotatable bonds is 2. The Kier molecular flexibility index (Phi) is 4.93. The second kappa shape index (κ2) is 6.91. The van der Waals surface area contributed by atoms with Gasteiger partial charge in [0.25, 0.3) is 5.92 Å². The fourth-order valence-electron chi connectivity index (χ4n) is 3.84. The van der Waals surface area contributed by atoms with Crippen molar-refractivity contribution in [2.45, 2.75) is 45.3 Å². The minimum atomic E-state index is -3.12. The molecule has 1 aliphatic carbocycles. The Balaban J connectivity index is 0.00000102. The Labute approximate surface area is 157 Å². The van der Waals surface area contributed by atoms with Gasteiger partial charge < -0.3 is 10.6 Å². The van der Waals surface area contributed by atoms with Crippen LogP contribution in [0.25, 0.3) is 11.1 Å². The number of carbonyl (C=O) groups is 1. The smallest absolute Gasteiger partial charge is 0.299 e. The minimum Gasteiger partial charge on any atom is -0.368 e. The molecule has 2 unspecified atom stereocenters. The number of halogens is 3. The SMILES string of the molecule is CC.Cc1ccc2c(c1)C(F)(F)c1cc(N3CC(F)CC3C(N)=O)ccc1-2. The Bertz CT molecular complexity index is 882. The number of carbonyl (C=O) groups excluding carboxylic acids is 1. The fourth-order valence-corrected chi connectivity index (χ4v) is 3.84. The molecule has 1 amide bonds. The van der Waals surface area contributed by atoms with Crippen LogP contribution in [0.3, 0.4) is 0 Å². The van der Waals surface area contributed by atoms with Crippen molar-refractivity contribution >= 4 is 11.6 Å². The van der Waals surface area contributed by atoms with Crippen molar-refractivity contribution in [3.63, 3.8) is 0 Å². The van der Waals surface area contributed by atoms with E-state index in [1.165, 1.54) is 17.0 Å². The third-order valence-corrected chi connectivity index (χ3v) is 5.06. The van der Waals surface area contributed by atoms with Crippen molar-refractivity contribution in [2.75, 3.05) is 11.4 Å². The lowest BCUT2D eigenvalue weighted by molar-refractivity contribution is -0.119. The summed E-state index contributed by atoms with van der Waals surface area (Å²) >= 11 is 0. The number of nitrogens with two attached hydrogens (primary N) is 1. The predicted octanol–water partition coefficient (Wildman–Crippen LogP) is 4.54. The van der Waals surface area contributed by atoms with E-state index < -0.39 is 24.0 Å². The first-order valence-corrected chi connectivity index (χ1v) is 9.13. The van der Waals surface area contributed by atoms with Crippen LogP contribution in [-0.4, -0.2) is 24.7 Å². The van der Waals surface area contributed by atoms with Gasteiger partial charge in [0, 0.05) is 23.2 Å². The van der Waals surface area contributed by atoms with Crippen molar-refractivity contribution in [1.29, 1.82) is 0 Å². The van der Waals surface area contributed by atoms with E-state index in [-0.39, 0.29) is 24.1 Å². The van der Waals surface area contributed by atoms with Crippen LogP contribution < -0.4 is 10.6 Å². The van der Waals surface area contributed by atoms with Gasteiger partial charge in [0.05, 0.1) is 6.54 Å². The van der Waals surface area contributed by atoms with Crippen molar-refractivity contribution in [3.8, 4) is 11.1 Å². The number of alkyl halides is 3. The quantitative estimate of drug-likeness (QED) is 0.836. The van der Waals surface area contributed by atoms with E-state index in [1.807, 2.05) is 13.8 Å². The summed E-state index contributed by atoms with van der Waals surface area (Å²) in [7, 11) is 0. The molecule has 0 spiro atoms. The van der Waals surface area contributed by atoms with Gasteiger partial charge in [0.1, 0.15) is 12.2 Å². The largest absolute Gasteiger partial charge is 0.368 e. The van der Waals surface area contributed by atoms with Crippen LogP contribution in [0, 0.1) is 6.92 Å². The molecule has 4 rings (SSSR count). The van der Waals surface area contributed by atoms with Gasteiger partial charge in [-0.05, 0) is 36.2 Å². The maximum Gasteiger partial charge on any atom is 0.299 e. The van der Waals surface area contributed by atoms with Gasteiger partial charge in [-0.15, -0.1) is 0 Å². The summed E-state index contributed by atoms with van der Waals surface area (Å²) in [5.41, 5.74) is 7.35. The number of amides is 1. The molecule has 0 saturated carbocycles. The molecule has 0 bridgehead atoms. The second-order valence-corrected chi connectivity index (χ2v) is 6.76. The lowest BCUT2D eigenvalue weighted by atomic mass is 10.0. The molecule has 2 aromatic rings. The maximum absolute atomic E-state index is 14.9. The number of primary amides is 1. The topological polar surface area (TPSA) is 46.3 Å². The number of anilines is 1. The summed E-state index contributed by atoms with van der Waals surface area (Å²) in [4.78, 5) is 13.1. The van der Waals surface area contributed by atoms with E-state index in [0.29, 0.717) is 16.8 Å². The van der Waals surface area contributed by atoms with Crippen LogP contribution >= 0.6 is 0 Å². The molecule has 0 radical (unpaired) electrons. The summed E-state index contributed by atoms with van der Waals surface area (Å²) in [6, 6.07) is 8.81. The molecule has 0 aromatic heterocycles. The molecule has 2 aliphatic rings. The predicted molar refractivity (Wildman–Crippen MR) is 101 cm³/mol. The average molecular weight is 376 g/mol. The summed E-state index contributed by atoms with van der Waals surface area (Å²) in [6.07, 6.45) is -1.21. The molecule has 144 valence electrons. The van der Waals surface area contributed by atoms with Crippen LogP contribution in [-0.2, 0) is 10.7 Å². The summed E-state index contributed by atoms with van der Waals surface area (Å²) in [5, 5.41) is 0. The standard InChI is InChI=1S/C19H17F3N2O.C2H6/c1-10-2-4-13-14-5-3-12(8-16(14)19(21,22)15(13)6-10)24-9-11(20)7-17(24)18(23)25;1-2/h2-6,8,11,17H,7,9H2,1H3,(H2,23,25);1-2H3. The summed E-state index contributed by atoms with van der Waals surface area (Å²) < 4.78 is 43.6. The van der Waals surface area contributed by atoms with Gasteiger partial charge in [0.2, 0.25) is 5.91 Å². The molecule has 2 aromatic carbocycles. The van der Waals surface area contributed by atoms with E-state index in [1.54, 1.807) is 31.2 Å². The number of fused-ring (bicyclic) bond motifs is 3. The number of hydrogen-bond acceptors (Lipinski definition) is 2. The van der Waals surface area contributed by atoms with Crippen molar-refractivity contribution in [2.24, 2.45) is 5.73 Å². The molecule has 1 aliphatic heterocycles. The van der Waals surface area contributed by atoms with Gasteiger partial charge in [-0.25, -0.2) is 4.39 Å². The highest BCUT2D eigenvalue weighted by molar-refractivity contribution is 5.86. The first-order valence-electron chi connectivity index (χ1n) is 9.13. The average Bonchev–Trinajstić information content (AvgIpc) is 3.13. The first-order chi connectivity index (χ1) is 12.8. The molecule has 1 heterocycles. The van der Waals surface area contributed by atoms with Crippen LogP contribution in [0.2, 0.25) is 0 Å². The molecular weight excluding hydrogens is 353 g/mol. The van der Waals surface area contributed by atoms with Crippen molar-refractivity contribution in [1.82, 2.24) is 0 Å². The highest BCUT2D eigenvalue weighted by Gasteiger charge is 2.45. The van der Waals surface area contributed by atoms with Gasteiger partial charge >= 0.3 is 0 Å². The molecule has 1 fully saturated rings. The Morgan fingerprint density at radius 3 is 2.33 bits per heavy atom. The lowest BCUT2D eigenvalue weighted by Crippen LogP contribution is -2.40. The minimum absolute atomic E-state index is 0.0117. The lowest BCUT2D eigenvalue weighted by Gasteiger charge is -2.25. The molecular formula is C21H23F3N2O. The van der Waals surface area contributed by atoms with Crippen LogP contribution in [0.4, 0.5) is 18.9 Å². The third-order valence-electron chi connectivity index (χ3n) is 5.06. The van der Waals surface area contributed by atoms with Crippen LogP contribution in [0.15, 0.2) is 36.4 Å². The van der Waals surface area contributed by atoms with Gasteiger partial charge in [-0.1, -0.05) is 37.6 Å². The molecule has 2 N–H and O–H groups in total. The number of nitrogens with zero attached hydrogens (tertiary/aromatic N) is 1. The van der Waals surface area contributed by atoms with E-state index >= 15 is 0 Å². The zero-order chi connectivity index (χ0) is 19.9. The Hall–Kier alpha value is -2.50. The van der Waals surface area contributed by atoms with E-state index in [4.69, 9.17) is 5.73 Å². The molecule has 3 nitrogen and oxygen atoms in total. The zero-order valence-corrected chi connectivity index (χ0v) is 15.6. The monoisotopic (exact) mass is 376 g/mol. The Morgan fingerprint density at radius 1 is 1.11 bits per heavy atom. The van der Waals surface area contributed by atoms with Gasteiger partial charge in [-0.3, -0.25) is 4.79 Å². The molecule has 6 heteroatoms.